The number of benzene rings is 1. The maximum absolute atomic E-state index is 11.9. The highest BCUT2D eigenvalue weighted by Gasteiger charge is 2.44. The summed E-state index contributed by atoms with van der Waals surface area (Å²) >= 11 is 0. The number of anilines is 1. The summed E-state index contributed by atoms with van der Waals surface area (Å²) in [7, 11) is 0. The lowest BCUT2D eigenvalue weighted by atomic mass is 9.74. The second-order valence-corrected chi connectivity index (χ2v) is 4.36. The summed E-state index contributed by atoms with van der Waals surface area (Å²) in [5.74, 6) is 0.430. The van der Waals surface area contributed by atoms with Crippen molar-refractivity contribution in [2.24, 2.45) is 5.92 Å². The maximum Gasteiger partial charge on any atom is 0.235 e. The number of hydrogen-bond acceptors (Lipinski definition) is 1. The van der Waals surface area contributed by atoms with E-state index in [-0.39, 0.29) is 11.3 Å². The second-order valence-electron chi connectivity index (χ2n) is 4.36. The minimum absolute atomic E-state index is 0.119. The highest BCUT2D eigenvalue weighted by Crippen LogP contribution is 2.42. The quantitative estimate of drug-likeness (QED) is 0.722. The molecule has 1 unspecified atom stereocenters. The molecule has 0 fully saturated rings. The fraction of sp³-hybridized carbons (Fsp3) is 0.417. The number of nitrogens with one attached hydrogen (secondary N) is 1. The van der Waals surface area contributed by atoms with E-state index in [9.17, 15) is 4.79 Å². The summed E-state index contributed by atoms with van der Waals surface area (Å²) in [6, 6.07) is 7.93. The van der Waals surface area contributed by atoms with Crippen molar-refractivity contribution in [3.8, 4) is 0 Å². The predicted molar refractivity (Wildman–Crippen MR) is 57.3 cm³/mol. The normalized spacial score (nSPS) is 25.0. The first-order valence-electron chi connectivity index (χ1n) is 4.97. The highest BCUT2D eigenvalue weighted by atomic mass is 16.2. The molecule has 74 valence electrons. The number of fused-ring (bicyclic) bond motifs is 1. The molecule has 0 bridgehead atoms. The Morgan fingerprint density at radius 1 is 1.29 bits per heavy atom. The molecule has 0 aliphatic carbocycles. The average molecular weight is 189 g/mol. The monoisotopic (exact) mass is 189 g/mol. The van der Waals surface area contributed by atoms with E-state index in [1.54, 1.807) is 0 Å². The van der Waals surface area contributed by atoms with Gasteiger partial charge in [0.2, 0.25) is 5.91 Å². The lowest BCUT2D eigenvalue weighted by Gasteiger charge is -2.26. The first-order chi connectivity index (χ1) is 6.56. The minimum atomic E-state index is -0.364. The number of hydrogen-bond donors (Lipinski definition) is 1. The number of para-hydroxylation sites is 1. The van der Waals surface area contributed by atoms with Crippen LogP contribution in [0.4, 0.5) is 5.69 Å². The van der Waals surface area contributed by atoms with E-state index < -0.39 is 0 Å². The van der Waals surface area contributed by atoms with Crippen LogP contribution >= 0.6 is 0 Å². The molecule has 0 aromatic heterocycles. The number of carbonyl (C=O) groups is 1. The first kappa shape index (κ1) is 9.25. The fourth-order valence-electron chi connectivity index (χ4n) is 1.99. The van der Waals surface area contributed by atoms with Crippen molar-refractivity contribution in [1.29, 1.82) is 0 Å². The summed E-state index contributed by atoms with van der Waals surface area (Å²) in [4.78, 5) is 11.9. The van der Waals surface area contributed by atoms with Gasteiger partial charge in [-0.1, -0.05) is 32.0 Å². The Kier molecular flexibility index (Phi) is 1.88. The fourth-order valence-corrected chi connectivity index (χ4v) is 1.99. The van der Waals surface area contributed by atoms with Crippen LogP contribution in [0.2, 0.25) is 0 Å². The summed E-state index contributed by atoms with van der Waals surface area (Å²) < 4.78 is 0. The largest absolute Gasteiger partial charge is 0.325 e. The van der Waals surface area contributed by atoms with Gasteiger partial charge < -0.3 is 5.32 Å². The molecule has 2 nitrogen and oxygen atoms in total. The molecule has 1 N–H and O–H groups in total. The Balaban J connectivity index is 2.60. The summed E-state index contributed by atoms with van der Waals surface area (Å²) in [6.45, 7) is 6.18. The van der Waals surface area contributed by atoms with Crippen LogP contribution in [0, 0.1) is 5.92 Å². The van der Waals surface area contributed by atoms with Gasteiger partial charge in [0.05, 0.1) is 5.41 Å². The molecule has 2 rings (SSSR count). The van der Waals surface area contributed by atoms with Gasteiger partial charge in [0.15, 0.2) is 0 Å². The lowest BCUT2D eigenvalue weighted by molar-refractivity contribution is -0.121. The molecule has 1 aromatic rings. The van der Waals surface area contributed by atoms with Crippen LogP contribution in [0.3, 0.4) is 0 Å². The van der Waals surface area contributed by atoms with Gasteiger partial charge in [0.25, 0.3) is 0 Å². The Morgan fingerprint density at radius 3 is 2.57 bits per heavy atom. The Labute approximate surface area is 84.3 Å². The molecular weight excluding hydrogens is 174 g/mol. The van der Waals surface area contributed by atoms with Crippen LogP contribution in [0.15, 0.2) is 24.3 Å². The predicted octanol–water partition coefficient (Wildman–Crippen LogP) is 2.55. The molecule has 14 heavy (non-hydrogen) atoms. The zero-order chi connectivity index (χ0) is 10.3. The van der Waals surface area contributed by atoms with Crippen LogP contribution in [0.1, 0.15) is 26.3 Å². The van der Waals surface area contributed by atoms with E-state index in [1.165, 1.54) is 0 Å². The zero-order valence-electron chi connectivity index (χ0n) is 8.79. The molecule has 0 saturated carbocycles. The molecule has 1 aliphatic heterocycles. The third-order valence-corrected chi connectivity index (χ3v) is 3.36. The average Bonchev–Trinajstić information content (AvgIpc) is 2.41. The van der Waals surface area contributed by atoms with Gasteiger partial charge in [-0.05, 0) is 24.5 Å². The third kappa shape index (κ3) is 0.999. The van der Waals surface area contributed by atoms with Crippen LogP contribution in [-0.4, -0.2) is 5.91 Å². The molecule has 1 heterocycles. The molecular formula is C12H15NO. The van der Waals surface area contributed by atoms with Crippen molar-refractivity contribution in [3.63, 3.8) is 0 Å². The summed E-state index contributed by atoms with van der Waals surface area (Å²) in [5, 5.41) is 2.93. The lowest BCUT2D eigenvalue weighted by Crippen LogP contribution is -2.36. The van der Waals surface area contributed by atoms with E-state index in [1.807, 2.05) is 31.2 Å². The van der Waals surface area contributed by atoms with Gasteiger partial charge in [-0.2, -0.15) is 0 Å². The van der Waals surface area contributed by atoms with Crippen molar-refractivity contribution in [1.82, 2.24) is 0 Å². The summed E-state index contributed by atoms with van der Waals surface area (Å²) in [5.41, 5.74) is 1.73. The number of carbonyl (C=O) groups excluding carboxylic acids is 1. The van der Waals surface area contributed by atoms with E-state index in [4.69, 9.17) is 0 Å². The van der Waals surface area contributed by atoms with Crippen molar-refractivity contribution in [2.45, 2.75) is 26.2 Å². The SMILES string of the molecule is CC(C)C1(C)C(=O)Nc2ccccc21. The van der Waals surface area contributed by atoms with Crippen LogP contribution in [-0.2, 0) is 10.2 Å². The summed E-state index contributed by atoms with van der Waals surface area (Å²) in [6.07, 6.45) is 0. The molecule has 2 heteroatoms. The van der Waals surface area contributed by atoms with E-state index in [2.05, 4.69) is 19.2 Å². The first-order valence-corrected chi connectivity index (χ1v) is 4.97. The number of rotatable bonds is 1. The Hall–Kier alpha value is -1.31. The Bertz CT molecular complexity index is 384. The van der Waals surface area contributed by atoms with Crippen LogP contribution in [0.5, 0.6) is 0 Å². The minimum Gasteiger partial charge on any atom is -0.325 e. The van der Waals surface area contributed by atoms with Crippen LogP contribution in [0.25, 0.3) is 0 Å². The van der Waals surface area contributed by atoms with Gasteiger partial charge >= 0.3 is 0 Å². The van der Waals surface area contributed by atoms with Gasteiger partial charge in [-0.3, -0.25) is 4.79 Å². The maximum atomic E-state index is 11.9. The van der Waals surface area contributed by atoms with Crippen LogP contribution < -0.4 is 5.32 Å². The van der Waals surface area contributed by atoms with E-state index in [0.717, 1.165) is 11.3 Å². The molecule has 1 atom stereocenters. The standard InChI is InChI=1S/C12H15NO/c1-8(2)12(3)9-6-4-5-7-10(9)13-11(12)14/h4-8H,1-3H3,(H,13,14). The molecule has 1 amide bonds. The molecule has 0 saturated heterocycles. The van der Waals surface area contributed by atoms with Gasteiger partial charge in [-0.15, -0.1) is 0 Å². The van der Waals surface area contributed by atoms with E-state index >= 15 is 0 Å². The van der Waals surface area contributed by atoms with E-state index in [0.29, 0.717) is 5.92 Å². The molecule has 1 aliphatic rings. The smallest absolute Gasteiger partial charge is 0.235 e. The third-order valence-electron chi connectivity index (χ3n) is 3.36. The van der Waals surface area contributed by atoms with Crippen molar-refractivity contribution in [3.05, 3.63) is 29.8 Å². The van der Waals surface area contributed by atoms with Gasteiger partial charge in [0.1, 0.15) is 0 Å². The second kappa shape index (κ2) is 2.84. The molecule has 0 radical (unpaired) electrons. The van der Waals surface area contributed by atoms with Gasteiger partial charge in [-0.25, -0.2) is 0 Å². The van der Waals surface area contributed by atoms with Gasteiger partial charge in [0, 0.05) is 5.69 Å². The topological polar surface area (TPSA) is 29.1 Å². The van der Waals surface area contributed by atoms with Crippen molar-refractivity contribution in [2.75, 3.05) is 5.32 Å². The van der Waals surface area contributed by atoms with Crippen molar-refractivity contribution < 1.29 is 4.79 Å². The number of amides is 1. The Morgan fingerprint density at radius 2 is 1.93 bits per heavy atom. The molecule has 1 aromatic carbocycles. The van der Waals surface area contributed by atoms with Crippen molar-refractivity contribution >= 4 is 11.6 Å². The molecule has 0 spiro atoms. The zero-order valence-corrected chi connectivity index (χ0v) is 8.79. The highest BCUT2D eigenvalue weighted by molar-refractivity contribution is 6.06.